The predicted molar refractivity (Wildman–Crippen MR) is 66.2 cm³/mol. The van der Waals surface area contributed by atoms with Crippen LogP contribution in [0, 0.1) is 0 Å². The average molecular weight is 272 g/mol. The van der Waals surface area contributed by atoms with Gasteiger partial charge in [0.1, 0.15) is 6.04 Å². The van der Waals surface area contributed by atoms with Gasteiger partial charge in [-0.3, -0.25) is 9.59 Å². The minimum absolute atomic E-state index is 0.249. The quantitative estimate of drug-likeness (QED) is 0.667. The van der Waals surface area contributed by atoms with Gasteiger partial charge in [0.05, 0.1) is 19.1 Å². The van der Waals surface area contributed by atoms with E-state index in [1.54, 1.807) is 6.92 Å². The summed E-state index contributed by atoms with van der Waals surface area (Å²) in [6, 6.07) is -1.76. The highest BCUT2D eigenvalue weighted by molar-refractivity contribution is 5.90. The largest absolute Gasteiger partial charge is 0.481 e. The van der Waals surface area contributed by atoms with Crippen molar-refractivity contribution in [2.24, 2.45) is 5.73 Å². The van der Waals surface area contributed by atoms with E-state index in [0.717, 1.165) is 12.8 Å². The van der Waals surface area contributed by atoms with Crippen molar-refractivity contribution in [3.63, 3.8) is 0 Å². The number of nitrogens with zero attached hydrogens (tertiary/aromatic N) is 1. The van der Waals surface area contributed by atoms with Gasteiger partial charge in [0.25, 0.3) is 0 Å². The Morgan fingerprint density at radius 3 is 2.68 bits per heavy atom. The van der Waals surface area contributed by atoms with E-state index < -0.39 is 36.4 Å². The topological polar surface area (TPSA) is 110 Å². The molecule has 1 saturated heterocycles. The van der Waals surface area contributed by atoms with Crippen LogP contribution in [0.25, 0.3) is 0 Å². The van der Waals surface area contributed by atoms with Gasteiger partial charge in [0.15, 0.2) is 0 Å². The Bertz CT molecular complexity index is 358. The summed E-state index contributed by atoms with van der Waals surface area (Å²) in [5.74, 6) is -2.08. The van der Waals surface area contributed by atoms with Crippen molar-refractivity contribution in [1.29, 1.82) is 0 Å². The highest BCUT2D eigenvalue weighted by atomic mass is 16.5. The van der Waals surface area contributed by atoms with Crippen LogP contribution in [0.15, 0.2) is 0 Å². The number of likely N-dealkylation sites (tertiary alicyclic amines) is 1. The molecule has 1 aliphatic rings. The molecule has 1 amide bonds. The first-order chi connectivity index (χ1) is 8.97. The molecule has 108 valence electrons. The molecule has 0 bridgehead atoms. The molecule has 0 saturated carbocycles. The predicted octanol–water partition coefficient (Wildman–Crippen LogP) is -0.267. The van der Waals surface area contributed by atoms with Crippen LogP contribution in [0.1, 0.15) is 32.6 Å². The van der Waals surface area contributed by atoms with Crippen LogP contribution in [0.3, 0.4) is 0 Å². The van der Waals surface area contributed by atoms with Crippen molar-refractivity contribution in [1.82, 2.24) is 4.90 Å². The molecule has 2 atom stereocenters. The first kappa shape index (κ1) is 15.4. The van der Waals surface area contributed by atoms with Gasteiger partial charge in [-0.25, -0.2) is 4.79 Å². The van der Waals surface area contributed by atoms with Gasteiger partial charge in [-0.15, -0.1) is 0 Å². The number of rotatable bonds is 5. The molecule has 1 aliphatic heterocycles. The van der Waals surface area contributed by atoms with Gasteiger partial charge in [-0.1, -0.05) is 0 Å². The van der Waals surface area contributed by atoms with Crippen molar-refractivity contribution in [2.75, 3.05) is 13.2 Å². The Balaban J connectivity index is 2.73. The van der Waals surface area contributed by atoms with Crippen LogP contribution in [-0.4, -0.2) is 53.1 Å². The van der Waals surface area contributed by atoms with E-state index in [1.807, 2.05) is 0 Å². The van der Waals surface area contributed by atoms with Crippen molar-refractivity contribution < 1.29 is 24.2 Å². The van der Waals surface area contributed by atoms with Crippen LogP contribution in [0.4, 0.5) is 0 Å². The number of piperidine rings is 1. The third kappa shape index (κ3) is 4.20. The lowest BCUT2D eigenvalue weighted by atomic mass is 10.0. The van der Waals surface area contributed by atoms with E-state index in [0.29, 0.717) is 13.0 Å². The number of amides is 1. The number of esters is 1. The number of ether oxygens (including phenoxy) is 1. The molecule has 0 aromatic rings. The summed E-state index contributed by atoms with van der Waals surface area (Å²) in [7, 11) is 0. The minimum Gasteiger partial charge on any atom is -0.481 e. The molecule has 1 fully saturated rings. The SMILES string of the molecule is CCOC(=O)C1CCCCN1C(=O)C(N)CC(=O)O. The molecule has 0 radical (unpaired) electrons. The average Bonchev–Trinajstić information content (AvgIpc) is 2.37. The number of carboxylic acid groups (broad SMARTS) is 1. The molecular weight excluding hydrogens is 252 g/mol. The summed E-state index contributed by atoms with van der Waals surface area (Å²) in [4.78, 5) is 35.8. The first-order valence-corrected chi connectivity index (χ1v) is 6.41. The van der Waals surface area contributed by atoms with Crippen LogP contribution < -0.4 is 5.73 Å². The smallest absolute Gasteiger partial charge is 0.328 e. The minimum atomic E-state index is -1.13. The molecule has 0 aliphatic carbocycles. The molecule has 19 heavy (non-hydrogen) atoms. The number of carboxylic acids is 1. The number of nitrogens with two attached hydrogens (primary N) is 1. The zero-order valence-electron chi connectivity index (χ0n) is 11.0. The maximum Gasteiger partial charge on any atom is 0.328 e. The second-order valence-electron chi connectivity index (χ2n) is 4.50. The van der Waals surface area contributed by atoms with E-state index >= 15 is 0 Å². The second-order valence-corrected chi connectivity index (χ2v) is 4.50. The summed E-state index contributed by atoms with van der Waals surface area (Å²) >= 11 is 0. The van der Waals surface area contributed by atoms with Gasteiger partial charge >= 0.3 is 11.9 Å². The van der Waals surface area contributed by atoms with Crippen molar-refractivity contribution in [3.05, 3.63) is 0 Å². The van der Waals surface area contributed by atoms with Gasteiger partial charge in [0, 0.05) is 6.54 Å². The Kier molecular flexibility index (Phi) is 5.75. The first-order valence-electron chi connectivity index (χ1n) is 6.41. The van der Waals surface area contributed by atoms with Gasteiger partial charge in [-0.05, 0) is 26.2 Å². The summed E-state index contributed by atoms with van der Waals surface area (Å²) in [5, 5.41) is 8.65. The maximum atomic E-state index is 12.1. The molecule has 2 unspecified atom stereocenters. The number of aliphatic carboxylic acids is 1. The highest BCUT2D eigenvalue weighted by Crippen LogP contribution is 2.19. The van der Waals surface area contributed by atoms with E-state index in [2.05, 4.69) is 0 Å². The Morgan fingerprint density at radius 2 is 2.11 bits per heavy atom. The molecule has 7 nitrogen and oxygen atoms in total. The van der Waals surface area contributed by atoms with Crippen LogP contribution in [0.2, 0.25) is 0 Å². The van der Waals surface area contributed by atoms with Crippen molar-refractivity contribution in [2.45, 2.75) is 44.7 Å². The number of hydrogen-bond acceptors (Lipinski definition) is 5. The molecule has 0 aromatic carbocycles. The molecule has 0 aromatic heterocycles. The van der Waals surface area contributed by atoms with Gasteiger partial charge in [0.2, 0.25) is 5.91 Å². The summed E-state index contributed by atoms with van der Waals surface area (Å²) in [6.45, 7) is 2.36. The monoisotopic (exact) mass is 272 g/mol. The van der Waals surface area contributed by atoms with E-state index in [4.69, 9.17) is 15.6 Å². The molecule has 7 heteroatoms. The molecule has 1 rings (SSSR count). The number of carbonyl (C=O) groups is 3. The van der Waals surface area contributed by atoms with Crippen LogP contribution in [-0.2, 0) is 19.1 Å². The van der Waals surface area contributed by atoms with E-state index in [9.17, 15) is 14.4 Å². The van der Waals surface area contributed by atoms with Crippen LogP contribution in [0.5, 0.6) is 0 Å². The zero-order valence-corrected chi connectivity index (χ0v) is 11.0. The zero-order chi connectivity index (χ0) is 14.4. The third-order valence-electron chi connectivity index (χ3n) is 3.06. The third-order valence-corrected chi connectivity index (χ3v) is 3.06. The van der Waals surface area contributed by atoms with Crippen LogP contribution >= 0.6 is 0 Å². The maximum absolute atomic E-state index is 12.1. The summed E-state index contributed by atoms with van der Waals surface area (Å²) < 4.78 is 4.93. The summed E-state index contributed by atoms with van der Waals surface area (Å²) in [6.07, 6.45) is 1.71. The highest BCUT2D eigenvalue weighted by Gasteiger charge is 2.35. The molecule has 1 heterocycles. The Morgan fingerprint density at radius 1 is 1.42 bits per heavy atom. The fourth-order valence-corrected chi connectivity index (χ4v) is 2.17. The van der Waals surface area contributed by atoms with Gasteiger partial charge < -0.3 is 20.5 Å². The van der Waals surface area contributed by atoms with E-state index in [-0.39, 0.29) is 6.61 Å². The molecule has 3 N–H and O–H groups in total. The van der Waals surface area contributed by atoms with E-state index in [1.165, 1.54) is 4.90 Å². The molecular formula is C12H20N2O5. The number of hydrogen-bond donors (Lipinski definition) is 2. The molecule has 0 spiro atoms. The normalized spacial score (nSPS) is 20.7. The Hall–Kier alpha value is -1.63. The Labute approximate surface area is 111 Å². The fourth-order valence-electron chi connectivity index (χ4n) is 2.17. The van der Waals surface area contributed by atoms with Crippen molar-refractivity contribution >= 4 is 17.8 Å². The second kappa shape index (κ2) is 7.08. The fraction of sp³-hybridized carbons (Fsp3) is 0.750. The lowest BCUT2D eigenvalue weighted by molar-refractivity contribution is -0.157. The lowest BCUT2D eigenvalue weighted by Crippen LogP contribution is -2.54. The summed E-state index contributed by atoms with van der Waals surface area (Å²) in [5.41, 5.74) is 5.56. The van der Waals surface area contributed by atoms with Gasteiger partial charge in [-0.2, -0.15) is 0 Å². The standard InChI is InChI=1S/C12H20N2O5/c1-2-19-12(18)9-5-3-4-6-14(9)11(17)8(13)7-10(15)16/h8-9H,2-7,13H2,1H3,(H,15,16). The lowest BCUT2D eigenvalue weighted by Gasteiger charge is -2.35. The number of carbonyl (C=O) groups excluding carboxylic acids is 2. The van der Waals surface area contributed by atoms with Crippen molar-refractivity contribution in [3.8, 4) is 0 Å².